The van der Waals surface area contributed by atoms with Crippen molar-refractivity contribution >= 4 is 27.1 Å². The zero-order valence-corrected chi connectivity index (χ0v) is 14.9. The Morgan fingerprint density at radius 2 is 1.77 bits per heavy atom. The maximum absolute atomic E-state index is 12.2. The molecule has 0 unspecified atom stereocenters. The van der Waals surface area contributed by atoms with E-state index in [1.165, 1.54) is 13.0 Å². The van der Waals surface area contributed by atoms with Crippen LogP contribution in [0.3, 0.4) is 0 Å². The van der Waals surface area contributed by atoms with Crippen molar-refractivity contribution in [2.75, 3.05) is 11.6 Å². The van der Waals surface area contributed by atoms with E-state index in [9.17, 15) is 23.4 Å². The molecule has 0 aliphatic rings. The van der Waals surface area contributed by atoms with Gasteiger partial charge in [-0.05, 0) is 37.3 Å². The van der Waals surface area contributed by atoms with Gasteiger partial charge in [0, 0.05) is 11.9 Å². The van der Waals surface area contributed by atoms with Gasteiger partial charge in [0.2, 0.25) is 0 Å². The molecule has 26 heavy (non-hydrogen) atoms. The van der Waals surface area contributed by atoms with Crippen LogP contribution in [-0.4, -0.2) is 30.8 Å². The lowest BCUT2D eigenvalue weighted by molar-refractivity contribution is -0.113. The summed E-state index contributed by atoms with van der Waals surface area (Å²) in [7, 11) is -3.51. The lowest BCUT2D eigenvalue weighted by Gasteiger charge is -2.06. The topological polar surface area (TPSA) is 128 Å². The number of amides is 1. The van der Waals surface area contributed by atoms with Gasteiger partial charge in [-0.3, -0.25) is 4.79 Å². The van der Waals surface area contributed by atoms with Crippen LogP contribution < -0.4 is 5.32 Å². The first-order valence-corrected chi connectivity index (χ1v) is 9.28. The van der Waals surface area contributed by atoms with Crippen LogP contribution in [0.1, 0.15) is 6.92 Å². The van der Waals surface area contributed by atoms with Gasteiger partial charge < -0.3 is 15.5 Å². The number of nitrogens with one attached hydrogen (secondary N) is 1. The van der Waals surface area contributed by atoms with E-state index in [-0.39, 0.29) is 27.8 Å². The number of carbonyl (C=O) groups excluding carboxylic acids is 1. The second-order valence-corrected chi connectivity index (χ2v) is 7.39. The Hall–Kier alpha value is -3.20. The van der Waals surface area contributed by atoms with Crippen LogP contribution in [0.2, 0.25) is 0 Å². The Bertz CT molecular complexity index is 979. The van der Waals surface area contributed by atoms with E-state index in [2.05, 4.69) is 15.5 Å². The number of allylic oxidation sites excluding steroid dienone is 1. The van der Waals surface area contributed by atoms with Gasteiger partial charge in [-0.2, -0.15) is 0 Å². The number of benzene rings is 2. The minimum atomic E-state index is -3.51. The number of phenols is 1. The molecule has 0 aliphatic carbocycles. The number of hydrogen-bond donors (Lipinski definition) is 3. The normalized spacial score (nSPS) is 12.7. The summed E-state index contributed by atoms with van der Waals surface area (Å²) in [6, 6.07) is 12.0. The van der Waals surface area contributed by atoms with Crippen LogP contribution in [-0.2, 0) is 14.6 Å². The summed E-state index contributed by atoms with van der Waals surface area (Å²) in [5, 5.41) is 29.4. The van der Waals surface area contributed by atoms with Crippen molar-refractivity contribution in [3.8, 4) is 5.75 Å². The second kappa shape index (κ2) is 7.79. The van der Waals surface area contributed by atoms with Gasteiger partial charge >= 0.3 is 0 Å². The van der Waals surface area contributed by atoms with Crippen molar-refractivity contribution in [2.24, 2.45) is 10.2 Å². The van der Waals surface area contributed by atoms with Gasteiger partial charge in [0.1, 0.15) is 17.2 Å². The van der Waals surface area contributed by atoms with Crippen LogP contribution in [0.15, 0.2) is 75.1 Å². The minimum absolute atomic E-state index is 0.0655. The Balaban J connectivity index is 2.31. The molecule has 2 aromatic rings. The van der Waals surface area contributed by atoms with Crippen LogP contribution in [0.4, 0.5) is 11.4 Å². The monoisotopic (exact) mass is 375 g/mol. The van der Waals surface area contributed by atoms with Crippen LogP contribution in [0.25, 0.3) is 0 Å². The first kappa shape index (κ1) is 19.1. The molecule has 0 saturated heterocycles. The number of aromatic hydroxyl groups is 1. The number of para-hydroxylation sites is 1. The summed E-state index contributed by atoms with van der Waals surface area (Å²) in [5.41, 5.74) is -0.0365. The molecule has 0 fully saturated rings. The first-order valence-electron chi connectivity index (χ1n) is 7.39. The zero-order chi connectivity index (χ0) is 19.3. The molecular formula is C17H17N3O5S. The third-order valence-electron chi connectivity index (χ3n) is 3.22. The number of azo groups is 1. The van der Waals surface area contributed by atoms with E-state index in [1.54, 1.807) is 30.3 Å². The molecular weight excluding hydrogens is 358 g/mol. The predicted octanol–water partition coefficient (Wildman–Crippen LogP) is 3.31. The second-order valence-electron chi connectivity index (χ2n) is 5.38. The minimum Gasteiger partial charge on any atom is -0.510 e. The highest BCUT2D eigenvalue weighted by Crippen LogP contribution is 2.30. The summed E-state index contributed by atoms with van der Waals surface area (Å²) in [5.74, 6) is -1.42. The van der Waals surface area contributed by atoms with Crippen molar-refractivity contribution in [1.29, 1.82) is 0 Å². The lowest BCUT2D eigenvalue weighted by atomic mass is 10.3. The van der Waals surface area contributed by atoms with Crippen LogP contribution >= 0.6 is 0 Å². The number of carbonyl (C=O) groups is 1. The SMILES string of the molecule is C/C(O)=C(/N=Nc1cc(S(C)(=O)=O)ccc1O)C(=O)Nc1ccccc1. The van der Waals surface area contributed by atoms with E-state index < -0.39 is 15.7 Å². The summed E-state index contributed by atoms with van der Waals surface area (Å²) in [6.07, 6.45) is 1.01. The third-order valence-corrected chi connectivity index (χ3v) is 4.33. The van der Waals surface area contributed by atoms with Crippen molar-refractivity contribution in [3.05, 3.63) is 60.0 Å². The van der Waals surface area contributed by atoms with Gasteiger partial charge in [-0.25, -0.2) is 8.42 Å². The first-order chi connectivity index (χ1) is 12.2. The fourth-order valence-corrected chi connectivity index (χ4v) is 2.55. The van der Waals surface area contributed by atoms with Crippen LogP contribution in [0.5, 0.6) is 5.75 Å². The number of aliphatic hydroxyl groups is 1. The largest absolute Gasteiger partial charge is 0.510 e. The Morgan fingerprint density at radius 1 is 1.12 bits per heavy atom. The average Bonchev–Trinajstić information content (AvgIpc) is 2.56. The Morgan fingerprint density at radius 3 is 2.35 bits per heavy atom. The predicted molar refractivity (Wildman–Crippen MR) is 96.1 cm³/mol. The molecule has 9 heteroatoms. The fourth-order valence-electron chi connectivity index (χ4n) is 1.91. The Labute approximate surface area is 150 Å². The molecule has 2 rings (SSSR count). The molecule has 0 radical (unpaired) electrons. The van der Waals surface area contributed by atoms with Gasteiger partial charge in [-0.1, -0.05) is 18.2 Å². The molecule has 2 aromatic carbocycles. The zero-order valence-electron chi connectivity index (χ0n) is 14.0. The molecule has 3 N–H and O–H groups in total. The van der Waals surface area contributed by atoms with E-state index in [1.807, 2.05) is 0 Å². The standard InChI is InChI=1S/C17H17N3O5S/c1-11(21)16(17(23)18-12-6-4-3-5-7-12)20-19-14-10-13(26(2,24)25)8-9-15(14)22/h3-10,21-22H,1-2H3,(H,18,23)/b16-11-,20-19?. The molecule has 0 bridgehead atoms. The molecule has 8 nitrogen and oxygen atoms in total. The number of anilines is 1. The van der Waals surface area contributed by atoms with Crippen molar-refractivity contribution < 1.29 is 23.4 Å². The molecule has 0 saturated carbocycles. The summed E-state index contributed by atoms with van der Waals surface area (Å²) in [4.78, 5) is 12.2. The molecule has 1 amide bonds. The maximum Gasteiger partial charge on any atom is 0.279 e. The molecule has 0 aromatic heterocycles. The summed E-state index contributed by atoms with van der Waals surface area (Å²) >= 11 is 0. The van der Waals surface area contributed by atoms with E-state index >= 15 is 0 Å². The average molecular weight is 375 g/mol. The highest BCUT2D eigenvalue weighted by atomic mass is 32.2. The molecule has 0 atom stereocenters. The Kier molecular flexibility index (Phi) is 5.73. The van der Waals surface area contributed by atoms with E-state index in [0.29, 0.717) is 5.69 Å². The van der Waals surface area contributed by atoms with Crippen LogP contribution in [0, 0.1) is 0 Å². The van der Waals surface area contributed by atoms with Crippen molar-refractivity contribution in [2.45, 2.75) is 11.8 Å². The van der Waals surface area contributed by atoms with E-state index in [0.717, 1.165) is 18.4 Å². The molecule has 136 valence electrons. The van der Waals surface area contributed by atoms with E-state index in [4.69, 9.17) is 0 Å². The van der Waals surface area contributed by atoms with Gasteiger partial charge in [0.25, 0.3) is 5.91 Å². The summed E-state index contributed by atoms with van der Waals surface area (Å²) < 4.78 is 23.2. The summed E-state index contributed by atoms with van der Waals surface area (Å²) in [6.45, 7) is 1.26. The third kappa shape index (κ3) is 4.90. The number of aliphatic hydroxyl groups excluding tert-OH is 1. The number of phenolic OH excluding ortho intramolecular Hbond substituents is 1. The van der Waals surface area contributed by atoms with Crippen molar-refractivity contribution in [3.63, 3.8) is 0 Å². The lowest BCUT2D eigenvalue weighted by Crippen LogP contribution is -2.14. The highest BCUT2D eigenvalue weighted by Gasteiger charge is 2.15. The molecule has 0 heterocycles. The molecule has 0 spiro atoms. The van der Waals surface area contributed by atoms with Gasteiger partial charge in [0.05, 0.1) is 4.90 Å². The van der Waals surface area contributed by atoms with Crippen molar-refractivity contribution in [1.82, 2.24) is 0 Å². The maximum atomic E-state index is 12.2. The highest BCUT2D eigenvalue weighted by molar-refractivity contribution is 7.90. The fraction of sp³-hybridized carbons (Fsp3) is 0.118. The quantitative estimate of drug-likeness (QED) is 0.419. The van der Waals surface area contributed by atoms with Gasteiger partial charge in [-0.15, -0.1) is 10.2 Å². The molecule has 0 aliphatic heterocycles. The number of sulfone groups is 1. The number of nitrogens with zero attached hydrogens (tertiary/aromatic N) is 2. The smallest absolute Gasteiger partial charge is 0.279 e. The number of rotatable bonds is 5. The van der Waals surface area contributed by atoms with Gasteiger partial charge in [0.15, 0.2) is 15.5 Å². The number of hydrogen-bond acceptors (Lipinski definition) is 7.